The maximum atomic E-state index is 15.1. The highest BCUT2D eigenvalue weighted by molar-refractivity contribution is 6.32. The highest BCUT2D eigenvalue weighted by Gasteiger charge is 2.16. The van der Waals surface area contributed by atoms with Gasteiger partial charge in [-0.25, -0.2) is 9.49 Å². The Morgan fingerprint density at radius 1 is 1.22 bits per heavy atom. The van der Waals surface area contributed by atoms with Gasteiger partial charge in [0, 0.05) is 18.1 Å². The van der Waals surface area contributed by atoms with E-state index >= 15 is 4.39 Å². The quantitative estimate of drug-likeness (QED) is 0.722. The minimum absolute atomic E-state index is 0.0330. The van der Waals surface area contributed by atoms with E-state index in [-0.39, 0.29) is 28.5 Å². The number of hydrogen-bond acceptors (Lipinski definition) is 4. The van der Waals surface area contributed by atoms with E-state index in [0.717, 1.165) is 0 Å². The zero-order chi connectivity index (χ0) is 19.6. The largest absolute Gasteiger partial charge is 0.452 e. The lowest BCUT2D eigenvalue weighted by Gasteiger charge is -2.14. The Morgan fingerprint density at radius 2 is 2.00 bits per heavy atom. The molecule has 1 N–H and O–H groups in total. The van der Waals surface area contributed by atoms with Crippen LogP contribution >= 0.6 is 11.6 Å². The molecule has 136 valence electrons. The lowest BCUT2D eigenvalue weighted by molar-refractivity contribution is 0.435. The molecule has 0 aliphatic carbocycles. The first-order valence-electron chi connectivity index (χ1n) is 8.09. The van der Waals surface area contributed by atoms with Crippen molar-refractivity contribution in [3.8, 4) is 17.6 Å². The van der Waals surface area contributed by atoms with Crippen LogP contribution in [0.2, 0.25) is 5.02 Å². The SMILES string of the molecule is Cc1ccc(Cc2cc(C)c(=O)[nH]n2)c(F)c1Oc1cc(C#N)ccc1Cl. The van der Waals surface area contributed by atoms with Crippen LogP contribution in [0.15, 0.2) is 41.2 Å². The number of hydrogen-bond donors (Lipinski definition) is 1. The third-order valence-electron chi connectivity index (χ3n) is 4.06. The second kappa shape index (κ2) is 7.60. The number of rotatable bonds is 4. The molecule has 1 heterocycles. The van der Waals surface area contributed by atoms with Crippen LogP contribution in [-0.2, 0) is 6.42 Å². The van der Waals surface area contributed by atoms with E-state index in [1.165, 1.54) is 12.1 Å². The van der Waals surface area contributed by atoms with Crippen molar-refractivity contribution in [3.05, 3.63) is 85.5 Å². The first kappa shape index (κ1) is 18.6. The van der Waals surface area contributed by atoms with E-state index in [0.29, 0.717) is 27.9 Å². The Morgan fingerprint density at radius 3 is 2.70 bits per heavy atom. The standard InChI is InChI=1S/C20H15ClFN3O2/c1-11-3-5-14(9-15-7-12(2)20(26)25-24-15)18(22)19(11)27-17-8-13(10-23)4-6-16(17)21/h3-8H,9H2,1-2H3,(H,25,26). The van der Waals surface area contributed by atoms with Gasteiger partial charge in [-0.2, -0.15) is 10.4 Å². The third kappa shape index (κ3) is 3.99. The van der Waals surface area contributed by atoms with Crippen LogP contribution in [0.5, 0.6) is 11.5 Å². The molecule has 3 aromatic rings. The molecular formula is C20H15ClFN3O2. The Labute approximate surface area is 160 Å². The average Bonchev–Trinajstić information content (AvgIpc) is 2.65. The zero-order valence-electron chi connectivity index (χ0n) is 14.6. The van der Waals surface area contributed by atoms with Crippen LogP contribution in [0.3, 0.4) is 0 Å². The highest BCUT2D eigenvalue weighted by Crippen LogP contribution is 2.35. The number of aromatic nitrogens is 2. The highest BCUT2D eigenvalue weighted by atomic mass is 35.5. The number of nitrogens with one attached hydrogen (secondary N) is 1. The molecule has 5 nitrogen and oxygen atoms in total. The van der Waals surface area contributed by atoms with Crippen molar-refractivity contribution < 1.29 is 9.13 Å². The van der Waals surface area contributed by atoms with Crippen molar-refractivity contribution in [2.24, 2.45) is 0 Å². The fraction of sp³-hybridized carbons (Fsp3) is 0.150. The summed E-state index contributed by atoms with van der Waals surface area (Å²) in [4.78, 5) is 11.4. The van der Waals surface area contributed by atoms with Gasteiger partial charge in [0.15, 0.2) is 11.6 Å². The monoisotopic (exact) mass is 383 g/mol. The van der Waals surface area contributed by atoms with Gasteiger partial charge >= 0.3 is 0 Å². The second-order valence-corrected chi connectivity index (χ2v) is 6.50. The van der Waals surface area contributed by atoms with Gasteiger partial charge in [0.25, 0.3) is 5.56 Å². The first-order chi connectivity index (χ1) is 12.9. The smallest absolute Gasteiger partial charge is 0.267 e. The summed E-state index contributed by atoms with van der Waals surface area (Å²) in [7, 11) is 0. The number of nitriles is 1. The molecule has 0 spiro atoms. The van der Waals surface area contributed by atoms with Gasteiger partial charge in [-0.3, -0.25) is 4.79 Å². The Bertz CT molecular complexity index is 1120. The molecule has 0 saturated heterocycles. The molecule has 3 rings (SSSR count). The summed E-state index contributed by atoms with van der Waals surface area (Å²) in [6.45, 7) is 3.38. The summed E-state index contributed by atoms with van der Waals surface area (Å²) in [5.41, 5.74) is 2.06. The van der Waals surface area contributed by atoms with Gasteiger partial charge in [-0.15, -0.1) is 0 Å². The van der Waals surface area contributed by atoms with E-state index in [1.807, 2.05) is 6.07 Å². The van der Waals surface area contributed by atoms with Gasteiger partial charge in [0.2, 0.25) is 0 Å². The van der Waals surface area contributed by atoms with E-state index in [9.17, 15) is 4.79 Å². The summed E-state index contributed by atoms with van der Waals surface area (Å²) in [6.07, 6.45) is 0.187. The fourth-order valence-corrected chi connectivity index (χ4v) is 2.72. The number of benzene rings is 2. The average molecular weight is 384 g/mol. The van der Waals surface area contributed by atoms with E-state index in [2.05, 4.69) is 10.2 Å². The zero-order valence-corrected chi connectivity index (χ0v) is 15.4. The predicted octanol–water partition coefficient (Wildman–Crippen LogP) is 4.43. The first-order valence-corrected chi connectivity index (χ1v) is 8.47. The molecule has 0 radical (unpaired) electrons. The number of halogens is 2. The normalized spacial score (nSPS) is 10.5. The lowest BCUT2D eigenvalue weighted by Crippen LogP contribution is -2.13. The molecule has 0 aliphatic rings. The van der Waals surface area contributed by atoms with Gasteiger partial charge in [0.1, 0.15) is 5.75 Å². The molecule has 0 fully saturated rings. The topological polar surface area (TPSA) is 78.8 Å². The van der Waals surface area contributed by atoms with Crippen molar-refractivity contribution in [2.75, 3.05) is 0 Å². The predicted molar refractivity (Wildman–Crippen MR) is 99.8 cm³/mol. The minimum atomic E-state index is -0.543. The Hall–Kier alpha value is -3.17. The molecular weight excluding hydrogens is 369 g/mol. The van der Waals surface area contributed by atoms with Crippen LogP contribution in [0, 0.1) is 31.0 Å². The molecule has 0 aliphatic heterocycles. The van der Waals surface area contributed by atoms with Crippen LogP contribution in [-0.4, -0.2) is 10.2 Å². The van der Waals surface area contributed by atoms with Crippen molar-refractivity contribution in [1.82, 2.24) is 10.2 Å². The number of ether oxygens (including phenoxy) is 1. The molecule has 7 heteroatoms. The Kier molecular flexibility index (Phi) is 5.24. The van der Waals surface area contributed by atoms with Crippen molar-refractivity contribution in [1.29, 1.82) is 5.26 Å². The maximum absolute atomic E-state index is 15.1. The van der Waals surface area contributed by atoms with Crippen LogP contribution < -0.4 is 10.3 Å². The molecule has 1 aromatic heterocycles. The Balaban J connectivity index is 1.97. The van der Waals surface area contributed by atoms with Crippen LogP contribution in [0.4, 0.5) is 4.39 Å². The molecule has 27 heavy (non-hydrogen) atoms. The van der Waals surface area contributed by atoms with Gasteiger partial charge < -0.3 is 4.74 Å². The van der Waals surface area contributed by atoms with Gasteiger partial charge in [-0.1, -0.05) is 23.7 Å². The van der Waals surface area contributed by atoms with Crippen molar-refractivity contribution in [2.45, 2.75) is 20.3 Å². The molecule has 0 saturated carbocycles. The van der Waals surface area contributed by atoms with Crippen LogP contribution in [0.1, 0.15) is 27.9 Å². The fourth-order valence-electron chi connectivity index (χ4n) is 2.56. The number of aromatic amines is 1. The molecule has 0 amide bonds. The lowest BCUT2D eigenvalue weighted by atomic mass is 10.0. The summed E-state index contributed by atoms with van der Waals surface area (Å²) in [5, 5.41) is 15.6. The molecule has 0 unspecified atom stereocenters. The van der Waals surface area contributed by atoms with Gasteiger partial charge in [-0.05, 0) is 43.2 Å². The molecule has 2 aromatic carbocycles. The molecule has 0 bridgehead atoms. The van der Waals surface area contributed by atoms with E-state index < -0.39 is 5.82 Å². The maximum Gasteiger partial charge on any atom is 0.267 e. The summed E-state index contributed by atoms with van der Waals surface area (Å²) in [6, 6.07) is 11.5. The van der Waals surface area contributed by atoms with E-state index in [1.54, 1.807) is 38.1 Å². The van der Waals surface area contributed by atoms with Gasteiger partial charge in [0.05, 0.1) is 22.3 Å². The number of H-pyrrole nitrogens is 1. The summed E-state index contributed by atoms with van der Waals surface area (Å²) in [5.74, 6) is -0.308. The molecule has 0 atom stereocenters. The van der Waals surface area contributed by atoms with Crippen molar-refractivity contribution >= 4 is 11.6 Å². The second-order valence-electron chi connectivity index (χ2n) is 6.09. The van der Waals surface area contributed by atoms with Crippen molar-refractivity contribution in [3.63, 3.8) is 0 Å². The summed E-state index contributed by atoms with van der Waals surface area (Å²) >= 11 is 6.11. The minimum Gasteiger partial charge on any atom is -0.452 e. The summed E-state index contributed by atoms with van der Waals surface area (Å²) < 4.78 is 20.8. The van der Waals surface area contributed by atoms with E-state index in [4.69, 9.17) is 21.6 Å². The number of nitrogens with zero attached hydrogens (tertiary/aromatic N) is 2. The third-order valence-corrected chi connectivity index (χ3v) is 4.37. The van der Waals surface area contributed by atoms with Crippen LogP contribution in [0.25, 0.3) is 0 Å². The number of aryl methyl sites for hydroxylation is 2.